The zero-order valence-electron chi connectivity index (χ0n) is 16.4. The highest BCUT2D eigenvalue weighted by Gasteiger charge is 2.26. The molecule has 2 rings (SSSR count). The van der Waals surface area contributed by atoms with Crippen LogP contribution in [0.2, 0.25) is 5.02 Å². The summed E-state index contributed by atoms with van der Waals surface area (Å²) in [7, 11) is 3.06. The molecule has 0 saturated heterocycles. The van der Waals surface area contributed by atoms with Gasteiger partial charge in [-0.15, -0.1) is 0 Å². The smallest absolute Gasteiger partial charge is 0.272 e. The van der Waals surface area contributed by atoms with Crippen LogP contribution in [0.4, 0.5) is 0 Å². The van der Waals surface area contributed by atoms with Crippen LogP contribution >= 0.6 is 23.4 Å². The normalized spacial score (nSPS) is 12.6. The Hall–Kier alpha value is -2.32. The maximum absolute atomic E-state index is 12.2. The average Bonchev–Trinajstić information content (AvgIpc) is 2.66. The second-order valence-electron chi connectivity index (χ2n) is 6.84. The first-order valence-corrected chi connectivity index (χ1v) is 9.72. The molecule has 0 bridgehead atoms. The third-order valence-electron chi connectivity index (χ3n) is 3.66. The molecule has 0 fully saturated rings. The monoisotopic (exact) mass is 422 g/mol. The van der Waals surface area contributed by atoms with Crippen molar-refractivity contribution in [1.82, 2.24) is 15.4 Å². The first kappa shape index (κ1) is 22.0. The zero-order valence-corrected chi connectivity index (χ0v) is 18.0. The molecule has 0 aliphatic carbocycles. The van der Waals surface area contributed by atoms with Crippen molar-refractivity contribution in [2.45, 2.75) is 31.2 Å². The van der Waals surface area contributed by atoms with Crippen molar-refractivity contribution in [3.05, 3.63) is 40.9 Å². The number of halogens is 1. The van der Waals surface area contributed by atoms with Crippen molar-refractivity contribution in [3.8, 4) is 11.8 Å². The van der Waals surface area contributed by atoms with Gasteiger partial charge in [0.25, 0.3) is 5.91 Å². The van der Waals surface area contributed by atoms with Crippen LogP contribution in [0.25, 0.3) is 0 Å². The molecule has 0 aliphatic heterocycles. The number of hydrogen-bond donors (Lipinski definition) is 1. The summed E-state index contributed by atoms with van der Waals surface area (Å²) < 4.78 is 10.4. The molecule has 0 spiro atoms. The van der Waals surface area contributed by atoms with Gasteiger partial charge in [0.05, 0.1) is 36.1 Å². The second kappa shape index (κ2) is 9.75. The number of hydrazone groups is 1. The molecule has 150 valence electrons. The lowest BCUT2D eigenvalue weighted by molar-refractivity contribution is 0.0955. The van der Waals surface area contributed by atoms with E-state index in [0.717, 1.165) is 0 Å². The Morgan fingerprint density at radius 3 is 2.36 bits per heavy atom. The Morgan fingerprint density at radius 2 is 1.82 bits per heavy atom. The van der Waals surface area contributed by atoms with E-state index in [-0.39, 0.29) is 16.6 Å². The standard InChI is InChI=1S/C19H23ClN4O3S/c1-19(2,3)14(28-18-22-15(26-4)10-16(23-18)27-5)11-21-24-17(25)12-8-6-7-9-13(12)20/h6-11,14H,1-5H3,(H,24,25)/b21-11+. The molecule has 1 unspecified atom stereocenters. The number of amides is 1. The molecule has 1 amide bonds. The van der Waals surface area contributed by atoms with E-state index in [2.05, 4.69) is 41.3 Å². The van der Waals surface area contributed by atoms with Crippen LogP contribution in [0.15, 0.2) is 40.6 Å². The van der Waals surface area contributed by atoms with Crippen LogP contribution < -0.4 is 14.9 Å². The van der Waals surface area contributed by atoms with Crippen molar-refractivity contribution in [3.63, 3.8) is 0 Å². The first-order chi connectivity index (χ1) is 13.2. The van der Waals surface area contributed by atoms with Crippen LogP contribution in [0.1, 0.15) is 31.1 Å². The maximum Gasteiger partial charge on any atom is 0.272 e. The van der Waals surface area contributed by atoms with Crippen LogP contribution in [-0.4, -0.2) is 41.6 Å². The van der Waals surface area contributed by atoms with E-state index in [9.17, 15) is 4.79 Å². The Morgan fingerprint density at radius 1 is 1.21 bits per heavy atom. The molecule has 1 aromatic heterocycles. The molecule has 0 aliphatic rings. The van der Waals surface area contributed by atoms with E-state index in [0.29, 0.717) is 27.5 Å². The van der Waals surface area contributed by atoms with E-state index >= 15 is 0 Å². The van der Waals surface area contributed by atoms with E-state index in [1.54, 1.807) is 36.5 Å². The van der Waals surface area contributed by atoms with Gasteiger partial charge in [-0.3, -0.25) is 4.79 Å². The van der Waals surface area contributed by atoms with E-state index in [4.69, 9.17) is 21.1 Å². The topological polar surface area (TPSA) is 85.7 Å². The summed E-state index contributed by atoms with van der Waals surface area (Å²) in [4.78, 5) is 20.9. The minimum Gasteiger partial charge on any atom is -0.481 e. The number of carbonyl (C=O) groups excluding carboxylic acids is 1. The molecule has 7 nitrogen and oxygen atoms in total. The van der Waals surface area contributed by atoms with Gasteiger partial charge in [-0.05, 0) is 17.5 Å². The maximum atomic E-state index is 12.2. The molecule has 2 aromatic rings. The summed E-state index contributed by atoms with van der Waals surface area (Å²) in [5.74, 6) is 0.441. The molecule has 1 aromatic carbocycles. The second-order valence-corrected chi connectivity index (χ2v) is 8.35. The number of nitrogens with zero attached hydrogens (tertiary/aromatic N) is 3. The number of nitrogens with one attached hydrogen (secondary N) is 1. The third-order valence-corrected chi connectivity index (χ3v) is 5.46. The van der Waals surface area contributed by atoms with Crippen LogP contribution in [0.3, 0.4) is 0 Å². The van der Waals surface area contributed by atoms with Crippen molar-refractivity contribution in [1.29, 1.82) is 0 Å². The van der Waals surface area contributed by atoms with Gasteiger partial charge in [-0.2, -0.15) is 15.1 Å². The zero-order chi connectivity index (χ0) is 20.7. The fourth-order valence-electron chi connectivity index (χ4n) is 2.06. The van der Waals surface area contributed by atoms with Gasteiger partial charge >= 0.3 is 0 Å². The minimum atomic E-state index is -0.376. The molecular formula is C19H23ClN4O3S. The molecular weight excluding hydrogens is 400 g/mol. The largest absolute Gasteiger partial charge is 0.481 e. The van der Waals surface area contributed by atoms with E-state index < -0.39 is 0 Å². The van der Waals surface area contributed by atoms with Gasteiger partial charge in [0.1, 0.15) is 0 Å². The highest BCUT2D eigenvalue weighted by molar-refractivity contribution is 8.00. The number of aromatic nitrogens is 2. The van der Waals surface area contributed by atoms with Gasteiger partial charge < -0.3 is 9.47 Å². The van der Waals surface area contributed by atoms with Gasteiger partial charge in [0.2, 0.25) is 11.8 Å². The molecule has 9 heteroatoms. The Balaban J connectivity index is 2.15. The van der Waals surface area contributed by atoms with Crippen molar-refractivity contribution < 1.29 is 14.3 Å². The molecule has 0 radical (unpaired) electrons. The summed E-state index contributed by atoms with van der Waals surface area (Å²) in [5.41, 5.74) is 2.70. The molecule has 1 atom stereocenters. The van der Waals surface area contributed by atoms with Crippen LogP contribution in [-0.2, 0) is 0 Å². The summed E-state index contributed by atoms with van der Waals surface area (Å²) in [6, 6.07) is 8.40. The van der Waals surface area contributed by atoms with Gasteiger partial charge in [-0.25, -0.2) is 5.43 Å². The molecule has 28 heavy (non-hydrogen) atoms. The van der Waals surface area contributed by atoms with Gasteiger partial charge in [-0.1, -0.05) is 56.3 Å². The van der Waals surface area contributed by atoms with Crippen molar-refractivity contribution in [2.75, 3.05) is 14.2 Å². The third kappa shape index (κ3) is 6.10. The number of benzene rings is 1. The van der Waals surface area contributed by atoms with Crippen molar-refractivity contribution in [2.24, 2.45) is 10.5 Å². The summed E-state index contributed by atoms with van der Waals surface area (Å²) >= 11 is 7.44. The number of ether oxygens (including phenoxy) is 2. The summed E-state index contributed by atoms with van der Waals surface area (Å²) in [6.07, 6.45) is 1.66. The fraction of sp³-hybridized carbons (Fsp3) is 0.368. The number of hydrogen-bond acceptors (Lipinski definition) is 7. The number of carbonyl (C=O) groups is 1. The minimum absolute atomic E-state index is 0.129. The Labute approximate surface area is 173 Å². The molecule has 1 heterocycles. The summed E-state index contributed by atoms with van der Waals surface area (Å²) in [5, 5.41) is 4.84. The molecule has 1 N–H and O–H groups in total. The Bertz CT molecular complexity index is 833. The SMILES string of the molecule is COc1cc(OC)nc(SC(/C=N/NC(=O)c2ccccc2Cl)C(C)(C)C)n1. The lowest BCUT2D eigenvalue weighted by Crippen LogP contribution is -2.27. The predicted molar refractivity (Wildman–Crippen MR) is 112 cm³/mol. The van der Waals surface area contributed by atoms with Crippen LogP contribution in [0, 0.1) is 5.41 Å². The molecule has 0 saturated carbocycles. The van der Waals surface area contributed by atoms with Gasteiger partial charge in [0, 0.05) is 6.21 Å². The Kier molecular flexibility index (Phi) is 7.65. The predicted octanol–water partition coefficient (Wildman–Crippen LogP) is 4.07. The lowest BCUT2D eigenvalue weighted by Gasteiger charge is -2.26. The fourth-order valence-corrected chi connectivity index (χ4v) is 3.27. The highest BCUT2D eigenvalue weighted by Crippen LogP contribution is 2.34. The highest BCUT2D eigenvalue weighted by atomic mass is 35.5. The van der Waals surface area contributed by atoms with Gasteiger partial charge in [0.15, 0.2) is 5.16 Å². The number of methoxy groups -OCH3 is 2. The number of thioether (sulfide) groups is 1. The van der Waals surface area contributed by atoms with Crippen LogP contribution in [0.5, 0.6) is 11.8 Å². The average molecular weight is 423 g/mol. The summed E-state index contributed by atoms with van der Waals surface area (Å²) in [6.45, 7) is 6.18. The van der Waals surface area contributed by atoms with E-state index in [1.807, 2.05) is 0 Å². The quantitative estimate of drug-likeness (QED) is 0.313. The van der Waals surface area contributed by atoms with E-state index in [1.165, 1.54) is 26.0 Å². The van der Waals surface area contributed by atoms with Crippen molar-refractivity contribution >= 4 is 35.5 Å². The lowest BCUT2D eigenvalue weighted by atomic mass is 9.92. The number of rotatable bonds is 7. The first-order valence-electron chi connectivity index (χ1n) is 8.46.